The molecule has 0 aromatic heterocycles. The molecule has 2 aromatic rings. The average Bonchev–Trinajstić information content (AvgIpc) is 2.71. The number of hydrogen-bond donors (Lipinski definition) is 0. The number of Topliss-reactive ketones (excluding diaryl/α,β-unsaturated/α-hetero) is 1. The molecule has 0 fully saturated rings. The predicted molar refractivity (Wildman–Crippen MR) is 101 cm³/mol. The first kappa shape index (κ1) is 20.0. The molecule has 6 heteroatoms. The van der Waals surface area contributed by atoms with E-state index in [1.807, 2.05) is 6.92 Å². The molecule has 0 spiro atoms. The molecule has 0 heterocycles. The van der Waals surface area contributed by atoms with E-state index in [1.165, 1.54) is 13.2 Å². The quantitative estimate of drug-likeness (QED) is 0.382. The first-order valence-electron chi connectivity index (χ1n) is 8.41. The van der Waals surface area contributed by atoms with Gasteiger partial charge in [-0.15, -0.1) is 0 Å². The molecular formula is C21H22O6. The monoisotopic (exact) mass is 370 g/mol. The van der Waals surface area contributed by atoms with Gasteiger partial charge in [0.25, 0.3) is 0 Å². The molecule has 0 aliphatic rings. The molecule has 142 valence electrons. The minimum atomic E-state index is -0.619. The normalized spacial score (nSPS) is 10.5. The Bertz CT molecular complexity index is 825. The lowest BCUT2D eigenvalue weighted by Gasteiger charge is -2.09. The number of methoxy groups -OCH3 is 2. The molecule has 0 amide bonds. The molecular weight excluding hydrogens is 348 g/mol. The van der Waals surface area contributed by atoms with Gasteiger partial charge in [-0.2, -0.15) is 0 Å². The van der Waals surface area contributed by atoms with Crippen LogP contribution in [0.5, 0.6) is 17.2 Å². The van der Waals surface area contributed by atoms with E-state index in [-0.39, 0.29) is 12.4 Å². The average molecular weight is 370 g/mol. The summed E-state index contributed by atoms with van der Waals surface area (Å²) in [5.74, 6) is 0.680. The summed E-state index contributed by atoms with van der Waals surface area (Å²) in [6.45, 7) is 2.05. The van der Waals surface area contributed by atoms with Gasteiger partial charge in [0, 0.05) is 6.08 Å². The number of ketones is 1. The smallest absolute Gasteiger partial charge is 0.331 e. The van der Waals surface area contributed by atoms with Crippen LogP contribution in [0.25, 0.3) is 6.08 Å². The van der Waals surface area contributed by atoms with Gasteiger partial charge in [-0.3, -0.25) is 4.79 Å². The van der Waals surface area contributed by atoms with Crippen LogP contribution in [0.1, 0.15) is 22.8 Å². The van der Waals surface area contributed by atoms with Gasteiger partial charge < -0.3 is 18.9 Å². The number of para-hydroxylation sites is 1. The lowest BCUT2D eigenvalue weighted by atomic mass is 10.1. The number of ether oxygens (including phenoxy) is 4. The van der Waals surface area contributed by atoms with E-state index in [0.29, 0.717) is 29.4 Å². The van der Waals surface area contributed by atoms with Crippen molar-refractivity contribution in [1.29, 1.82) is 0 Å². The minimum Gasteiger partial charge on any atom is -0.496 e. The fraction of sp³-hybridized carbons (Fsp3) is 0.238. The zero-order valence-electron chi connectivity index (χ0n) is 15.6. The Kier molecular flexibility index (Phi) is 7.43. The molecule has 0 aliphatic heterocycles. The Morgan fingerprint density at radius 3 is 2.41 bits per heavy atom. The van der Waals surface area contributed by atoms with Gasteiger partial charge in [-0.1, -0.05) is 18.2 Å². The van der Waals surface area contributed by atoms with E-state index in [2.05, 4.69) is 0 Å². The van der Waals surface area contributed by atoms with Crippen molar-refractivity contribution in [2.24, 2.45) is 0 Å². The van der Waals surface area contributed by atoms with Crippen LogP contribution in [0.3, 0.4) is 0 Å². The second-order valence-electron chi connectivity index (χ2n) is 5.41. The molecule has 0 unspecified atom stereocenters. The Labute approximate surface area is 158 Å². The lowest BCUT2D eigenvalue weighted by Crippen LogP contribution is -2.13. The van der Waals surface area contributed by atoms with Gasteiger partial charge in [-0.05, 0) is 42.8 Å². The Hall–Kier alpha value is -3.28. The van der Waals surface area contributed by atoms with Crippen LogP contribution in [0.15, 0.2) is 48.5 Å². The van der Waals surface area contributed by atoms with E-state index in [1.54, 1.807) is 55.7 Å². The van der Waals surface area contributed by atoms with Gasteiger partial charge in [-0.25, -0.2) is 4.79 Å². The lowest BCUT2D eigenvalue weighted by molar-refractivity contribution is -0.136. The van der Waals surface area contributed by atoms with Crippen molar-refractivity contribution in [3.8, 4) is 17.2 Å². The largest absolute Gasteiger partial charge is 0.496 e. The van der Waals surface area contributed by atoms with Crippen LogP contribution in [-0.4, -0.2) is 39.2 Å². The van der Waals surface area contributed by atoms with Crippen molar-refractivity contribution in [2.45, 2.75) is 6.92 Å². The molecule has 0 saturated heterocycles. The van der Waals surface area contributed by atoms with Gasteiger partial charge in [0.2, 0.25) is 5.78 Å². The van der Waals surface area contributed by atoms with Crippen molar-refractivity contribution in [3.63, 3.8) is 0 Å². The van der Waals surface area contributed by atoms with E-state index in [9.17, 15) is 9.59 Å². The predicted octanol–water partition coefficient (Wildman–Crippen LogP) is 3.54. The molecule has 0 radical (unpaired) electrons. The van der Waals surface area contributed by atoms with Crippen molar-refractivity contribution >= 4 is 17.8 Å². The summed E-state index contributed by atoms with van der Waals surface area (Å²) in [5, 5.41) is 0. The standard InChI is InChI=1S/C21H22O6/c1-4-26-19-11-9-15(13-20(19)25-3)10-12-21(23)27-14-17(22)16-7-5-6-8-18(16)24-2/h5-13H,4,14H2,1-3H3/b12-10+. The van der Waals surface area contributed by atoms with Gasteiger partial charge in [0.05, 0.1) is 26.4 Å². The van der Waals surface area contributed by atoms with Crippen LogP contribution < -0.4 is 14.2 Å². The van der Waals surface area contributed by atoms with Crippen LogP contribution in [0.4, 0.5) is 0 Å². The fourth-order valence-corrected chi connectivity index (χ4v) is 2.36. The Balaban J connectivity index is 1.96. The van der Waals surface area contributed by atoms with Crippen LogP contribution >= 0.6 is 0 Å². The molecule has 6 nitrogen and oxygen atoms in total. The molecule has 0 N–H and O–H groups in total. The SMILES string of the molecule is CCOc1ccc(/C=C/C(=O)OCC(=O)c2ccccc2OC)cc1OC. The molecule has 0 aliphatic carbocycles. The van der Waals surface area contributed by atoms with Crippen LogP contribution in [-0.2, 0) is 9.53 Å². The fourth-order valence-electron chi connectivity index (χ4n) is 2.36. The summed E-state index contributed by atoms with van der Waals surface area (Å²) in [6.07, 6.45) is 2.83. The topological polar surface area (TPSA) is 71.1 Å². The maximum absolute atomic E-state index is 12.2. The third-order valence-electron chi connectivity index (χ3n) is 3.65. The number of carbonyl (C=O) groups is 2. The molecule has 2 rings (SSSR count). The highest BCUT2D eigenvalue weighted by Crippen LogP contribution is 2.28. The molecule has 27 heavy (non-hydrogen) atoms. The molecule has 2 aromatic carbocycles. The summed E-state index contributed by atoms with van der Waals surface area (Å²) in [7, 11) is 3.02. The third kappa shape index (κ3) is 5.60. The van der Waals surface area contributed by atoms with Crippen LogP contribution in [0, 0.1) is 0 Å². The van der Waals surface area contributed by atoms with Gasteiger partial charge in [0.1, 0.15) is 5.75 Å². The zero-order chi connectivity index (χ0) is 19.6. The van der Waals surface area contributed by atoms with Crippen molar-refractivity contribution in [1.82, 2.24) is 0 Å². The van der Waals surface area contributed by atoms with Gasteiger partial charge >= 0.3 is 5.97 Å². The summed E-state index contributed by atoms with van der Waals surface area (Å²) < 4.78 is 20.9. The second kappa shape index (κ2) is 10.0. The first-order chi connectivity index (χ1) is 13.1. The van der Waals surface area contributed by atoms with Gasteiger partial charge in [0.15, 0.2) is 18.1 Å². The van der Waals surface area contributed by atoms with Crippen LogP contribution in [0.2, 0.25) is 0 Å². The maximum atomic E-state index is 12.2. The first-order valence-corrected chi connectivity index (χ1v) is 8.41. The molecule has 0 bridgehead atoms. The molecule has 0 saturated carbocycles. The second-order valence-corrected chi connectivity index (χ2v) is 5.41. The zero-order valence-corrected chi connectivity index (χ0v) is 15.6. The maximum Gasteiger partial charge on any atom is 0.331 e. The highest BCUT2D eigenvalue weighted by Gasteiger charge is 2.13. The number of benzene rings is 2. The third-order valence-corrected chi connectivity index (χ3v) is 3.65. The van der Waals surface area contributed by atoms with Crippen molar-refractivity contribution in [2.75, 3.05) is 27.4 Å². The number of rotatable bonds is 9. The highest BCUT2D eigenvalue weighted by molar-refractivity contribution is 6.01. The van der Waals surface area contributed by atoms with Crippen molar-refractivity contribution < 1.29 is 28.5 Å². The van der Waals surface area contributed by atoms with E-state index in [4.69, 9.17) is 18.9 Å². The minimum absolute atomic E-state index is 0.336. The van der Waals surface area contributed by atoms with E-state index in [0.717, 1.165) is 5.56 Å². The number of hydrogen-bond acceptors (Lipinski definition) is 6. The summed E-state index contributed by atoms with van der Waals surface area (Å²) in [5.41, 5.74) is 1.11. The van der Waals surface area contributed by atoms with Crippen molar-refractivity contribution in [3.05, 3.63) is 59.7 Å². The Morgan fingerprint density at radius 1 is 0.963 bits per heavy atom. The highest BCUT2D eigenvalue weighted by atomic mass is 16.5. The summed E-state index contributed by atoms with van der Waals surface area (Å²) in [6, 6.07) is 12.1. The van der Waals surface area contributed by atoms with E-state index >= 15 is 0 Å². The molecule has 0 atom stereocenters. The number of esters is 1. The summed E-state index contributed by atoms with van der Waals surface area (Å²) in [4.78, 5) is 24.1. The number of carbonyl (C=O) groups excluding carboxylic acids is 2. The van der Waals surface area contributed by atoms with E-state index < -0.39 is 5.97 Å². The Morgan fingerprint density at radius 2 is 1.70 bits per heavy atom. The summed E-state index contributed by atoms with van der Waals surface area (Å²) >= 11 is 0.